The number of benzene rings is 4. The predicted molar refractivity (Wildman–Crippen MR) is 136 cm³/mol. The highest BCUT2D eigenvalue weighted by Gasteiger charge is 2.41. The van der Waals surface area contributed by atoms with E-state index in [1.165, 1.54) is 0 Å². The largest absolute Gasteiger partial charge is 0.115 e. The Kier molecular flexibility index (Phi) is 5.88. The summed E-state index contributed by atoms with van der Waals surface area (Å²) in [6.45, 7) is 0. The Balaban J connectivity index is 2.32. The minimum absolute atomic E-state index is 0.470. The lowest BCUT2D eigenvalue weighted by atomic mass is 9.63. The maximum atomic E-state index is 6.11. The van der Waals surface area contributed by atoms with E-state index in [1.807, 2.05) is 60.7 Å². The van der Waals surface area contributed by atoms with Crippen LogP contribution in [0, 0.1) is 49.4 Å². The van der Waals surface area contributed by atoms with Gasteiger partial charge in [-0.15, -0.1) is 25.7 Å². The van der Waals surface area contributed by atoms with Gasteiger partial charge in [0.15, 0.2) is 0 Å². The van der Waals surface area contributed by atoms with Crippen LogP contribution in [0.4, 0.5) is 0 Å². The lowest BCUT2D eigenvalue weighted by Crippen LogP contribution is -2.32. The summed E-state index contributed by atoms with van der Waals surface area (Å²) in [4.78, 5) is 0. The van der Waals surface area contributed by atoms with Gasteiger partial charge in [0.25, 0.3) is 0 Å². The highest BCUT2D eigenvalue weighted by Crippen LogP contribution is 2.47. The van der Waals surface area contributed by atoms with Crippen LogP contribution >= 0.6 is 0 Å². The first-order valence-corrected chi connectivity index (χ1v) is 10.5. The number of rotatable bonds is 4. The SMILES string of the molecule is C#Cc1cc(C(c2ccccc2)(c2ccccc2)c2ccccc2)c(C#C)c(C#C)c1C#C. The zero-order chi connectivity index (χ0) is 23.3. The van der Waals surface area contributed by atoms with Crippen molar-refractivity contribution in [1.29, 1.82) is 0 Å². The van der Waals surface area contributed by atoms with Crippen LogP contribution in [0.15, 0.2) is 97.1 Å². The Labute approximate surface area is 196 Å². The molecule has 33 heavy (non-hydrogen) atoms. The van der Waals surface area contributed by atoms with E-state index in [0.717, 1.165) is 22.3 Å². The van der Waals surface area contributed by atoms with Crippen LogP contribution in [0.1, 0.15) is 44.5 Å². The van der Waals surface area contributed by atoms with Gasteiger partial charge in [-0.2, -0.15) is 0 Å². The van der Waals surface area contributed by atoms with Crippen LogP contribution in [-0.4, -0.2) is 0 Å². The van der Waals surface area contributed by atoms with E-state index in [-0.39, 0.29) is 0 Å². The lowest BCUT2D eigenvalue weighted by molar-refractivity contribution is 0.742. The van der Waals surface area contributed by atoms with E-state index in [0.29, 0.717) is 22.3 Å². The van der Waals surface area contributed by atoms with Crippen molar-refractivity contribution < 1.29 is 0 Å². The second kappa shape index (κ2) is 9.09. The zero-order valence-electron chi connectivity index (χ0n) is 18.0. The number of terminal acetylenes is 4. The summed E-state index contributed by atoms with van der Waals surface area (Å²) >= 11 is 0. The van der Waals surface area contributed by atoms with Gasteiger partial charge in [0, 0.05) is 11.1 Å². The molecule has 0 aromatic heterocycles. The smallest absolute Gasteiger partial charge is 0.0714 e. The average molecular weight is 417 g/mol. The van der Waals surface area contributed by atoms with Gasteiger partial charge in [-0.25, -0.2) is 0 Å². The molecule has 152 valence electrons. The minimum atomic E-state index is -0.768. The van der Waals surface area contributed by atoms with E-state index in [9.17, 15) is 0 Å². The third kappa shape index (κ3) is 3.38. The first-order chi connectivity index (χ1) is 16.2. The molecule has 0 atom stereocenters. The van der Waals surface area contributed by atoms with E-state index in [2.05, 4.69) is 60.1 Å². The van der Waals surface area contributed by atoms with Gasteiger partial charge in [0.1, 0.15) is 0 Å². The van der Waals surface area contributed by atoms with Gasteiger partial charge in [-0.05, 0) is 28.3 Å². The fourth-order valence-corrected chi connectivity index (χ4v) is 4.57. The molecule has 0 spiro atoms. The average Bonchev–Trinajstić information content (AvgIpc) is 2.90. The molecular formula is C33H20. The quantitative estimate of drug-likeness (QED) is 0.283. The van der Waals surface area contributed by atoms with Crippen molar-refractivity contribution >= 4 is 0 Å². The maximum absolute atomic E-state index is 6.11. The second-order valence-corrected chi connectivity index (χ2v) is 7.52. The van der Waals surface area contributed by atoms with E-state index >= 15 is 0 Å². The highest BCUT2D eigenvalue weighted by atomic mass is 14.4. The molecule has 0 fully saturated rings. The molecule has 4 aromatic rings. The van der Waals surface area contributed by atoms with Gasteiger partial charge in [0.05, 0.1) is 16.5 Å². The molecular weight excluding hydrogens is 396 g/mol. The summed E-state index contributed by atoms with van der Waals surface area (Å²) in [7, 11) is 0. The van der Waals surface area contributed by atoms with Crippen molar-refractivity contribution in [2.75, 3.05) is 0 Å². The Hall–Kier alpha value is -4.88. The van der Waals surface area contributed by atoms with Crippen LogP contribution in [0.5, 0.6) is 0 Å². The number of hydrogen-bond acceptors (Lipinski definition) is 0. The molecule has 0 aliphatic heterocycles. The van der Waals surface area contributed by atoms with E-state index < -0.39 is 5.41 Å². The Morgan fingerprint density at radius 1 is 0.455 bits per heavy atom. The molecule has 0 N–H and O–H groups in total. The van der Waals surface area contributed by atoms with Crippen LogP contribution in [0.25, 0.3) is 0 Å². The fraction of sp³-hybridized carbons (Fsp3) is 0.0303. The monoisotopic (exact) mass is 416 g/mol. The van der Waals surface area contributed by atoms with Gasteiger partial charge in [-0.3, -0.25) is 0 Å². The summed E-state index contributed by atoms with van der Waals surface area (Å²) in [6.07, 6.45) is 23.8. The van der Waals surface area contributed by atoms with Gasteiger partial charge >= 0.3 is 0 Å². The van der Waals surface area contributed by atoms with Crippen LogP contribution in [0.2, 0.25) is 0 Å². The predicted octanol–water partition coefficient (Wildman–Crippen LogP) is 5.99. The standard InChI is InChI=1S/C33H20/c1-5-25-24-32(31(8-4)30(7-3)29(25)6-2)33(26-18-12-9-13-19-26,27-20-14-10-15-21-27)28-22-16-11-17-23-28/h1-4,9-24H. The first kappa shape index (κ1) is 21.4. The molecule has 0 nitrogen and oxygen atoms in total. The molecule has 4 aromatic carbocycles. The molecule has 0 amide bonds. The minimum Gasteiger partial charge on any atom is -0.115 e. The molecule has 0 aliphatic carbocycles. The third-order valence-corrected chi connectivity index (χ3v) is 5.94. The van der Waals surface area contributed by atoms with Crippen molar-refractivity contribution in [3.8, 4) is 49.4 Å². The first-order valence-electron chi connectivity index (χ1n) is 10.5. The molecule has 0 unspecified atom stereocenters. The molecule has 4 rings (SSSR count). The Morgan fingerprint density at radius 2 is 0.848 bits per heavy atom. The lowest BCUT2D eigenvalue weighted by Gasteiger charge is -2.38. The summed E-state index contributed by atoms with van der Waals surface area (Å²) in [5, 5.41) is 0. The summed E-state index contributed by atoms with van der Waals surface area (Å²) in [6, 6.07) is 32.6. The highest BCUT2D eigenvalue weighted by molar-refractivity contribution is 5.73. The number of hydrogen-bond donors (Lipinski definition) is 0. The Bertz CT molecular complexity index is 1360. The summed E-state index contributed by atoms with van der Waals surface area (Å²) in [5.41, 5.74) is 5.24. The van der Waals surface area contributed by atoms with Crippen molar-refractivity contribution in [1.82, 2.24) is 0 Å². The molecule has 0 saturated carbocycles. The fourth-order valence-electron chi connectivity index (χ4n) is 4.57. The molecule has 0 radical (unpaired) electrons. The molecule has 0 heterocycles. The Morgan fingerprint density at radius 3 is 1.18 bits per heavy atom. The second-order valence-electron chi connectivity index (χ2n) is 7.52. The molecule has 0 saturated heterocycles. The van der Waals surface area contributed by atoms with Crippen molar-refractivity contribution in [3.05, 3.63) is 142 Å². The normalized spacial score (nSPS) is 10.3. The zero-order valence-corrected chi connectivity index (χ0v) is 18.0. The van der Waals surface area contributed by atoms with E-state index in [1.54, 1.807) is 0 Å². The van der Waals surface area contributed by atoms with Crippen molar-refractivity contribution in [3.63, 3.8) is 0 Å². The molecule has 0 bridgehead atoms. The maximum Gasteiger partial charge on any atom is 0.0714 e. The van der Waals surface area contributed by atoms with Gasteiger partial charge < -0.3 is 0 Å². The van der Waals surface area contributed by atoms with Crippen molar-refractivity contribution in [2.24, 2.45) is 0 Å². The van der Waals surface area contributed by atoms with Crippen LogP contribution in [0.3, 0.4) is 0 Å². The van der Waals surface area contributed by atoms with Crippen LogP contribution < -0.4 is 0 Å². The third-order valence-electron chi connectivity index (χ3n) is 5.94. The molecule has 0 aliphatic rings. The van der Waals surface area contributed by atoms with Crippen molar-refractivity contribution in [2.45, 2.75) is 5.41 Å². The topological polar surface area (TPSA) is 0 Å². The van der Waals surface area contributed by atoms with E-state index in [4.69, 9.17) is 25.7 Å². The van der Waals surface area contributed by atoms with Gasteiger partial charge in [0.2, 0.25) is 0 Å². The van der Waals surface area contributed by atoms with Gasteiger partial charge in [-0.1, -0.05) is 115 Å². The van der Waals surface area contributed by atoms with Crippen LogP contribution in [-0.2, 0) is 5.41 Å². The summed E-state index contributed by atoms with van der Waals surface area (Å²) in [5.74, 6) is 11.0. The molecule has 0 heteroatoms. The summed E-state index contributed by atoms with van der Waals surface area (Å²) < 4.78 is 0.